The van der Waals surface area contributed by atoms with Crippen molar-refractivity contribution in [3.8, 4) is 5.75 Å². The number of aliphatic hydroxyl groups excluding tert-OH is 1. The second-order valence-corrected chi connectivity index (χ2v) is 7.02. The van der Waals surface area contributed by atoms with Crippen LogP contribution in [0, 0.1) is 5.82 Å². The molecule has 162 valence electrons. The first-order chi connectivity index (χ1) is 14.9. The number of nitrogens with zero attached hydrogens (tertiary/aromatic N) is 2. The first-order valence-corrected chi connectivity index (χ1v) is 9.83. The Bertz CT molecular complexity index is 1080. The average Bonchev–Trinajstić information content (AvgIpc) is 2.78. The van der Waals surface area contributed by atoms with Crippen LogP contribution in [0.5, 0.6) is 5.75 Å². The van der Waals surface area contributed by atoms with E-state index >= 15 is 0 Å². The van der Waals surface area contributed by atoms with Crippen LogP contribution < -0.4 is 15.4 Å². The Hall–Kier alpha value is -3.30. The number of halogens is 2. The fourth-order valence-corrected chi connectivity index (χ4v) is 2.73. The van der Waals surface area contributed by atoms with E-state index in [4.69, 9.17) is 16.3 Å². The van der Waals surface area contributed by atoms with Crippen LogP contribution in [0.25, 0.3) is 11.0 Å². The summed E-state index contributed by atoms with van der Waals surface area (Å²) in [7, 11) is 0. The molecule has 0 saturated carbocycles. The lowest BCUT2D eigenvalue weighted by atomic mass is 10.2. The lowest BCUT2D eigenvalue weighted by Crippen LogP contribution is -2.36. The highest BCUT2D eigenvalue weighted by Gasteiger charge is 2.12. The largest absolute Gasteiger partial charge is 0.484 e. The van der Waals surface area contributed by atoms with Gasteiger partial charge < -0.3 is 20.5 Å². The van der Waals surface area contributed by atoms with Crippen molar-refractivity contribution in [1.29, 1.82) is 0 Å². The maximum atomic E-state index is 13.3. The molecule has 0 radical (unpaired) electrons. The number of carbonyl (C=O) groups excluding carboxylic acids is 2. The average molecular weight is 447 g/mol. The number of ether oxygens (including phenoxy) is 1. The fourth-order valence-electron chi connectivity index (χ4n) is 2.61. The standard InChI is InChI=1S/C21H20ClFN4O4/c22-15-6-5-14(9-16(15)23)31-12-20(29)24-8-7-13(28)10-26-21(30)19-11-25-17-3-1-2-4-18(17)27-19/h1-6,9,11,13,28H,7-8,10,12H2,(H,24,29)(H,26,30). The number of aromatic nitrogens is 2. The van der Waals surface area contributed by atoms with Gasteiger partial charge in [0.1, 0.15) is 17.3 Å². The van der Waals surface area contributed by atoms with Gasteiger partial charge >= 0.3 is 0 Å². The molecule has 0 bridgehead atoms. The van der Waals surface area contributed by atoms with Crippen LogP contribution in [-0.4, -0.2) is 52.7 Å². The van der Waals surface area contributed by atoms with Crippen LogP contribution >= 0.6 is 11.6 Å². The summed E-state index contributed by atoms with van der Waals surface area (Å²) in [6, 6.07) is 11.0. The molecule has 0 spiro atoms. The third-order valence-corrected chi connectivity index (χ3v) is 4.55. The SMILES string of the molecule is O=C(COc1ccc(Cl)c(F)c1)NCCC(O)CNC(=O)c1cnc2ccccc2n1. The van der Waals surface area contributed by atoms with Crippen LogP contribution in [0.15, 0.2) is 48.7 Å². The zero-order chi connectivity index (χ0) is 22.2. The molecular formula is C21H20ClFN4O4. The normalized spacial score (nSPS) is 11.7. The third kappa shape index (κ3) is 6.59. The number of nitrogens with one attached hydrogen (secondary N) is 2. The highest BCUT2D eigenvalue weighted by molar-refractivity contribution is 6.30. The molecule has 2 amide bonds. The summed E-state index contributed by atoms with van der Waals surface area (Å²) in [5, 5.41) is 15.1. The Morgan fingerprint density at radius 2 is 1.94 bits per heavy atom. The minimum atomic E-state index is -0.871. The van der Waals surface area contributed by atoms with Crippen molar-refractivity contribution >= 4 is 34.4 Å². The maximum absolute atomic E-state index is 13.3. The van der Waals surface area contributed by atoms with Crippen LogP contribution in [0.4, 0.5) is 4.39 Å². The van der Waals surface area contributed by atoms with Gasteiger partial charge in [-0.1, -0.05) is 23.7 Å². The molecule has 10 heteroatoms. The Balaban J connectivity index is 1.35. The quantitative estimate of drug-likeness (QED) is 0.464. The molecule has 0 aliphatic carbocycles. The number of aliphatic hydroxyl groups is 1. The van der Waals surface area contributed by atoms with Crippen molar-refractivity contribution in [2.75, 3.05) is 19.7 Å². The van der Waals surface area contributed by atoms with Crippen molar-refractivity contribution < 1.29 is 23.8 Å². The van der Waals surface area contributed by atoms with Crippen LogP contribution in [0.1, 0.15) is 16.9 Å². The molecule has 0 aliphatic heterocycles. The molecule has 3 N–H and O–H groups in total. The molecule has 8 nitrogen and oxygen atoms in total. The molecule has 0 fully saturated rings. The van der Waals surface area contributed by atoms with E-state index in [1.807, 2.05) is 6.07 Å². The van der Waals surface area contributed by atoms with Gasteiger partial charge in [-0.15, -0.1) is 0 Å². The minimum Gasteiger partial charge on any atom is -0.484 e. The monoisotopic (exact) mass is 446 g/mol. The van der Waals surface area contributed by atoms with Crippen molar-refractivity contribution in [2.45, 2.75) is 12.5 Å². The van der Waals surface area contributed by atoms with Crippen molar-refractivity contribution in [3.63, 3.8) is 0 Å². The van der Waals surface area contributed by atoms with Gasteiger partial charge in [-0.05, 0) is 30.7 Å². The molecule has 1 aromatic heterocycles. The smallest absolute Gasteiger partial charge is 0.271 e. The summed E-state index contributed by atoms with van der Waals surface area (Å²) >= 11 is 5.58. The van der Waals surface area contributed by atoms with E-state index in [1.54, 1.807) is 18.2 Å². The molecule has 1 atom stereocenters. The highest BCUT2D eigenvalue weighted by Crippen LogP contribution is 2.20. The number of rotatable bonds is 9. The Labute approximate surface area is 182 Å². The van der Waals surface area contributed by atoms with E-state index in [0.29, 0.717) is 11.0 Å². The molecule has 31 heavy (non-hydrogen) atoms. The molecule has 1 unspecified atom stereocenters. The van der Waals surface area contributed by atoms with Crippen LogP contribution in [0.3, 0.4) is 0 Å². The van der Waals surface area contributed by atoms with Crippen LogP contribution in [-0.2, 0) is 4.79 Å². The molecule has 3 aromatic rings. The molecule has 3 rings (SSSR count). The lowest BCUT2D eigenvalue weighted by Gasteiger charge is -2.13. The fraction of sp³-hybridized carbons (Fsp3) is 0.238. The number of amides is 2. The molecular weight excluding hydrogens is 427 g/mol. The zero-order valence-corrected chi connectivity index (χ0v) is 17.1. The number of hydrogen-bond donors (Lipinski definition) is 3. The van der Waals surface area contributed by atoms with E-state index < -0.39 is 23.7 Å². The summed E-state index contributed by atoms with van der Waals surface area (Å²) in [6.45, 7) is -0.151. The topological polar surface area (TPSA) is 113 Å². The Morgan fingerprint density at radius 3 is 2.71 bits per heavy atom. The summed E-state index contributed by atoms with van der Waals surface area (Å²) in [6.07, 6.45) is 0.714. The molecule has 1 heterocycles. The van der Waals surface area contributed by atoms with Crippen molar-refractivity contribution in [2.24, 2.45) is 0 Å². The number of benzene rings is 2. The third-order valence-electron chi connectivity index (χ3n) is 4.24. The predicted octanol–water partition coefficient (Wildman–Crippen LogP) is 2.10. The number of para-hydroxylation sites is 2. The first-order valence-electron chi connectivity index (χ1n) is 9.45. The van der Waals surface area contributed by atoms with Gasteiger partial charge in [0.15, 0.2) is 6.61 Å². The number of fused-ring (bicyclic) bond motifs is 1. The zero-order valence-electron chi connectivity index (χ0n) is 16.3. The van der Waals surface area contributed by atoms with E-state index in [1.165, 1.54) is 18.3 Å². The predicted molar refractivity (Wildman–Crippen MR) is 112 cm³/mol. The lowest BCUT2D eigenvalue weighted by molar-refractivity contribution is -0.123. The highest BCUT2D eigenvalue weighted by atomic mass is 35.5. The van der Waals surface area contributed by atoms with E-state index in [-0.39, 0.29) is 42.6 Å². The van der Waals surface area contributed by atoms with Gasteiger partial charge in [-0.2, -0.15) is 0 Å². The van der Waals surface area contributed by atoms with Gasteiger partial charge in [0.25, 0.3) is 11.8 Å². The summed E-state index contributed by atoms with van der Waals surface area (Å²) in [4.78, 5) is 32.4. The van der Waals surface area contributed by atoms with Crippen molar-refractivity contribution in [1.82, 2.24) is 20.6 Å². The molecule has 2 aromatic carbocycles. The van der Waals surface area contributed by atoms with E-state index in [9.17, 15) is 19.1 Å². The summed E-state index contributed by atoms with van der Waals surface area (Å²) in [5.74, 6) is -1.35. The van der Waals surface area contributed by atoms with Gasteiger partial charge in [-0.3, -0.25) is 14.6 Å². The Morgan fingerprint density at radius 1 is 1.16 bits per heavy atom. The number of carbonyl (C=O) groups is 2. The first kappa shape index (κ1) is 22.4. The van der Waals surface area contributed by atoms with Crippen molar-refractivity contribution in [3.05, 3.63) is 65.2 Å². The van der Waals surface area contributed by atoms with Crippen LogP contribution in [0.2, 0.25) is 5.02 Å². The maximum Gasteiger partial charge on any atom is 0.271 e. The van der Waals surface area contributed by atoms with E-state index in [2.05, 4.69) is 20.6 Å². The Kier molecular flexibility index (Phi) is 7.69. The van der Waals surface area contributed by atoms with E-state index in [0.717, 1.165) is 6.07 Å². The van der Waals surface area contributed by atoms with Gasteiger partial charge in [-0.25, -0.2) is 9.37 Å². The molecule has 0 aliphatic rings. The minimum absolute atomic E-state index is 0.0102. The van der Waals surface area contributed by atoms with Gasteiger partial charge in [0.05, 0.1) is 28.4 Å². The summed E-state index contributed by atoms with van der Waals surface area (Å²) < 4.78 is 18.5. The van der Waals surface area contributed by atoms with Gasteiger partial charge in [0, 0.05) is 19.2 Å². The molecule has 0 saturated heterocycles. The second-order valence-electron chi connectivity index (χ2n) is 6.61. The van der Waals surface area contributed by atoms with Gasteiger partial charge in [0.2, 0.25) is 0 Å². The second kappa shape index (κ2) is 10.6. The summed E-state index contributed by atoms with van der Waals surface area (Å²) in [5.41, 5.74) is 1.43. The number of hydrogen-bond acceptors (Lipinski definition) is 6.